The van der Waals surface area contributed by atoms with Gasteiger partial charge in [0.05, 0.1) is 19.7 Å². The van der Waals surface area contributed by atoms with Gasteiger partial charge in [-0.15, -0.1) is 0 Å². The average molecular weight is 354 g/mol. The minimum atomic E-state index is -0.283. The number of rotatable bonds is 5. The van der Waals surface area contributed by atoms with Crippen LogP contribution in [0.3, 0.4) is 0 Å². The molecule has 2 amide bonds. The zero-order valence-electron chi connectivity index (χ0n) is 14.6. The van der Waals surface area contributed by atoms with Gasteiger partial charge < -0.3 is 20.3 Å². The molecule has 1 aliphatic heterocycles. The molecule has 136 valence electrons. The zero-order valence-corrected chi connectivity index (χ0v) is 14.6. The maximum absolute atomic E-state index is 12.7. The van der Waals surface area contributed by atoms with E-state index in [4.69, 9.17) is 4.74 Å². The molecule has 0 bridgehead atoms. The highest BCUT2D eigenvalue weighted by Crippen LogP contribution is 2.21. The minimum Gasteiger partial charge on any atom is -0.497 e. The van der Waals surface area contributed by atoms with E-state index in [9.17, 15) is 9.59 Å². The number of aromatic nitrogens is 1. The Labute approximate surface area is 152 Å². The number of ether oxygens (including phenoxy) is 1. The predicted molar refractivity (Wildman–Crippen MR) is 96.9 cm³/mol. The van der Waals surface area contributed by atoms with E-state index in [-0.39, 0.29) is 24.4 Å². The van der Waals surface area contributed by atoms with Crippen molar-refractivity contribution in [2.45, 2.75) is 6.04 Å². The third-order valence-electron chi connectivity index (χ3n) is 4.39. The molecule has 2 N–H and O–H groups in total. The first-order chi connectivity index (χ1) is 12.7. The minimum absolute atomic E-state index is 0.0401. The molecule has 7 heteroatoms. The predicted octanol–water partition coefficient (Wildman–Crippen LogP) is 0.993. The number of piperazine rings is 1. The maximum atomic E-state index is 12.7. The second-order valence-corrected chi connectivity index (χ2v) is 6.00. The molecule has 2 aromatic rings. The Balaban J connectivity index is 1.61. The lowest BCUT2D eigenvalue weighted by Gasteiger charge is -2.36. The molecule has 0 aliphatic carbocycles. The molecule has 1 aromatic heterocycles. The highest BCUT2D eigenvalue weighted by Gasteiger charge is 2.28. The Kier molecular flexibility index (Phi) is 5.80. The van der Waals surface area contributed by atoms with Crippen molar-refractivity contribution in [2.24, 2.45) is 0 Å². The number of pyridine rings is 1. The Hall–Kier alpha value is -2.93. The van der Waals surface area contributed by atoms with Crippen molar-refractivity contribution in [2.75, 3.05) is 33.3 Å². The molecule has 7 nitrogen and oxygen atoms in total. The number of carbonyl (C=O) groups is 2. The third-order valence-corrected chi connectivity index (χ3v) is 4.39. The van der Waals surface area contributed by atoms with Crippen molar-refractivity contribution >= 4 is 11.8 Å². The van der Waals surface area contributed by atoms with E-state index < -0.39 is 0 Å². The molecule has 2 heterocycles. The van der Waals surface area contributed by atoms with Gasteiger partial charge in [0, 0.05) is 37.6 Å². The summed E-state index contributed by atoms with van der Waals surface area (Å²) in [6.07, 6.45) is 3.48. The van der Waals surface area contributed by atoms with Crippen molar-refractivity contribution in [3.63, 3.8) is 0 Å². The van der Waals surface area contributed by atoms with Gasteiger partial charge in [0.25, 0.3) is 5.91 Å². The van der Waals surface area contributed by atoms with Crippen molar-refractivity contribution in [3.8, 4) is 5.75 Å². The highest BCUT2D eigenvalue weighted by atomic mass is 16.5. The van der Waals surface area contributed by atoms with Crippen LogP contribution in [0.1, 0.15) is 22.0 Å². The van der Waals surface area contributed by atoms with Crippen molar-refractivity contribution < 1.29 is 14.3 Å². The van der Waals surface area contributed by atoms with Crippen LogP contribution in [0.5, 0.6) is 5.75 Å². The number of hydrogen-bond acceptors (Lipinski definition) is 5. The van der Waals surface area contributed by atoms with E-state index in [1.54, 1.807) is 48.7 Å². The van der Waals surface area contributed by atoms with E-state index >= 15 is 0 Å². The van der Waals surface area contributed by atoms with Gasteiger partial charge in [0.1, 0.15) is 5.75 Å². The quantitative estimate of drug-likeness (QED) is 0.837. The van der Waals surface area contributed by atoms with Crippen LogP contribution in [0.15, 0.2) is 48.8 Å². The second kappa shape index (κ2) is 8.44. The molecule has 0 radical (unpaired) electrons. The summed E-state index contributed by atoms with van der Waals surface area (Å²) >= 11 is 0. The van der Waals surface area contributed by atoms with Gasteiger partial charge in [0.2, 0.25) is 5.91 Å². The molecule has 1 aliphatic rings. The number of hydrogen-bond donors (Lipinski definition) is 2. The molecule has 1 atom stereocenters. The molecule has 3 rings (SSSR count). The fraction of sp³-hybridized carbons (Fsp3) is 0.316. The molecule has 26 heavy (non-hydrogen) atoms. The molecule has 1 aromatic carbocycles. The molecule has 1 saturated heterocycles. The van der Waals surface area contributed by atoms with Crippen LogP contribution < -0.4 is 15.4 Å². The van der Waals surface area contributed by atoms with Gasteiger partial charge in [0.15, 0.2) is 0 Å². The van der Waals surface area contributed by atoms with Crippen LogP contribution in [0.25, 0.3) is 0 Å². The zero-order chi connectivity index (χ0) is 18.4. The molecule has 0 saturated carbocycles. The summed E-state index contributed by atoms with van der Waals surface area (Å²) in [5.41, 5.74) is 1.47. The lowest BCUT2D eigenvalue weighted by atomic mass is 10.1. The normalized spacial score (nSPS) is 16.8. The smallest absolute Gasteiger partial charge is 0.251 e. The fourth-order valence-electron chi connectivity index (χ4n) is 2.98. The summed E-state index contributed by atoms with van der Waals surface area (Å²) in [4.78, 5) is 30.8. The first-order valence-corrected chi connectivity index (χ1v) is 8.51. The Morgan fingerprint density at radius 1 is 1.31 bits per heavy atom. The van der Waals surface area contributed by atoms with Gasteiger partial charge in [-0.2, -0.15) is 0 Å². The Bertz CT molecular complexity index is 749. The lowest BCUT2D eigenvalue weighted by molar-refractivity contribution is -0.133. The summed E-state index contributed by atoms with van der Waals surface area (Å²) in [7, 11) is 1.57. The lowest BCUT2D eigenvalue weighted by Crippen LogP contribution is -2.51. The molecular weight excluding hydrogens is 332 g/mol. The monoisotopic (exact) mass is 354 g/mol. The fourth-order valence-corrected chi connectivity index (χ4v) is 2.98. The average Bonchev–Trinajstić information content (AvgIpc) is 2.72. The largest absolute Gasteiger partial charge is 0.497 e. The van der Waals surface area contributed by atoms with Gasteiger partial charge in [-0.3, -0.25) is 14.6 Å². The van der Waals surface area contributed by atoms with Crippen molar-refractivity contribution in [1.82, 2.24) is 20.5 Å². The van der Waals surface area contributed by atoms with Crippen LogP contribution in [0.2, 0.25) is 0 Å². The van der Waals surface area contributed by atoms with Crippen LogP contribution in [-0.4, -0.2) is 55.0 Å². The maximum Gasteiger partial charge on any atom is 0.251 e. The van der Waals surface area contributed by atoms with Gasteiger partial charge in [-0.1, -0.05) is 6.07 Å². The first kappa shape index (κ1) is 17.9. The van der Waals surface area contributed by atoms with Gasteiger partial charge in [-0.25, -0.2) is 0 Å². The number of methoxy groups -OCH3 is 1. The summed E-state index contributed by atoms with van der Waals surface area (Å²) < 4.78 is 5.08. The molecule has 1 fully saturated rings. The highest BCUT2D eigenvalue weighted by molar-refractivity contribution is 5.96. The van der Waals surface area contributed by atoms with Crippen LogP contribution in [0.4, 0.5) is 0 Å². The number of benzene rings is 1. The summed E-state index contributed by atoms with van der Waals surface area (Å²) in [5, 5.41) is 6.00. The van der Waals surface area contributed by atoms with E-state index in [1.807, 2.05) is 12.1 Å². The molecule has 0 spiro atoms. The standard InChI is InChI=1S/C19H22N4O3/c1-26-16-6-4-14(5-7-16)19(25)22-13-18(24)23-10-9-21-12-17(23)15-3-2-8-20-11-15/h2-8,11,17,21H,9-10,12-13H2,1H3,(H,22,25). The Morgan fingerprint density at radius 3 is 2.81 bits per heavy atom. The Morgan fingerprint density at radius 2 is 2.12 bits per heavy atom. The van der Waals surface area contributed by atoms with Crippen LogP contribution in [0, 0.1) is 0 Å². The number of carbonyl (C=O) groups excluding carboxylic acids is 2. The van der Waals surface area contributed by atoms with E-state index in [0.717, 1.165) is 12.1 Å². The van der Waals surface area contributed by atoms with Crippen molar-refractivity contribution in [1.29, 1.82) is 0 Å². The van der Waals surface area contributed by atoms with E-state index in [2.05, 4.69) is 15.6 Å². The summed E-state index contributed by atoms with van der Waals surface area (Å²) in [5.74, 6) is 0.286. The van der Waals surface area contributed by atoms with Gasteiger partial charge in [-0.05, 0) is 35.9 Å². The van der Waals surface area contributed by atoms with Crippen molar-refractivity contribution in [3.05, 3.63) is 59.9 Å². The molecular formula is C19H22N4O3. The number of nitrogens with zero attached hydrogens (tertiary/aromatic N) is 2. The first-order valence-electron chi connectivity index (χ1n) is 8.51. The molecule has 1 unspecified atom stereocenters. The van der Waals surface area contributed by atoms with Crippen LogP contribution >= 0.6 is 0 Å². The third kappa shape index (κ3) is 4.18. The number of amides is 2. The number of nitrogens with one attached hydrogen (secondary N) is 2. The SMILES string of the molecule is COc1ccc(C(=O)NCC(=O)N2CCNCC2c2cccnc2)cc1. The summed E-state index contributed by atoms with van der Waals surface area (Å²) in [6.45, 7) is 1.96. The topological polar surface area (TPSA) is 83.6 Å². The van der Waals surface area contributed by atoms with Crippen LogP contribution in [-0.2, 0) is 4.79 Å². The van der Waals surface area contributed by atoms with Gasteiger partial charge >= 0.3 is 0 Å². The second-order valence-electron chi connectivity index (χ2n) is 6.00. The van der Waals surface area contributed by atoms with E-state index in [1.165, 1.54) is 0 Å². The summed E-state index contributed by atoms with van der Waals surface area (Å²) in [6, 6.07) is 10.5. The van der Waals surface area contributed by atoms with E-state index in [0.29, 0.717) is 24.4 Å².